The molecule has 2 rings (SSSR count). The van der Waals surface area contributed by atoms with Crippen molar-refractivity contribution in [1.82, 2.24) is 5.32 Å². The fourth-order valence-electron chi connectivity index (χ4n) is 2.22. The molecule has 23 heavy (non-hydrogen) atoms. The molecular weight excluding hydrogens is 314 g/mol. The number of hydrogen-bond donors (Lipinski definition) is 2. The fraction of sp³-hybridized carbons (Fsp3) is 0.222. The fourth-order valence-corrected chi connectivity index (χ4v) is 2.22. The Morgan fingerprint density at radius 3 is 2.09 bits per heavy atom. The summed E-state index contributed by atoms with van der Waals surface area (Å²) in [7, 11) is 0. The van der Waals surface area contributed by atoms with E-state index in [9.17, 15) is 14.7 Å². The first kappa shape index (κ1) is 18.9. The van der Waals surface area contributed by atoms with Gasteiger partial charge in [-0.3, -0.25) is 9.59 Å². The average Bonchev–Trinajstić information content (AvgIpc) is 2.55. The molecule has 1 unspecified atom stereocenters. The van der Waals surface area contributed by atoms with Gasteiger partial charge in [-0.15, -0.1) is 12.4 Å². The number of benzene rings is 2. The molecule has 2 aromatic rings. The van der Waals surface area contributed by atoms with E-state index in [0.29, 0.717) is 18.5 Å². The van der Waals surface area contributed by atoms with Crippen LogP contribution in [0, 0.1) is 0 Å². The van der Waals surface area contributed by atoms with Gasteiger partial charge in [-0.25, -0.2) is 0 Å². The summed E-state index contributed by atoms with van der Waals surface area (Å²) in [6, 6.07) is 17.8. The Labute approximate surface area is 141 Å². The number of aliphatic carboxylic acids is 1. The topological polar surface area (TPSA) is 66.4 Å². The molecule has 0 saturated carbocycles. The lowest BCUT2D eigenvalue weighted by Crippen LogP contribution is -2.39. The minimum absolute atomic E-state index is 0. The number of nitrogens with one attached hydrogen (secondary N) is 1. The number of carboxylic acids is 1. The highest BCUT2D eigenvalue weighted by Crippen LogP contribution is 2.05. The zero-order chi connectivity index (χ0) is 15.8. The van der Waals surface area contributed by atoms with Gasteiger partial charge in [-0.1, -0.05) is 60.7 Å². The van der Waals surface area contributed by atoms with Crippen LogP contribution in [0.15, 0.2) is 60.7 Å². The molecule has 0 aliphatic heterocycles. The van der Waals surface area contributed by atoms with Gasteiger partial charge in [0.2, 0.25) is 0 Å². The van der Waals surface area contributed by atoms with Crippen LogP contribution in [-0.4, -0.2) is 29.4 Å². The summed E-state index contributed by atoms with van der Waals surface area (Å²) < 4.78 is 0. The molecule has 0 heterocycles. The van der Waals surface area contributed by atoms with Crippen molar-refractivity contribution in [3.8, 4) is 0 Å². The van der Waals surface area contributed by atoms with Gasteiger partial charge in [-0.05, 0) is 12.0 Å². The number of carbonyl (C=O) groups is 2. The van der Waals surface area contributed by atoms with E-state index in [0.717, 1.165) is 5.56 Å². The maximum atomic E-state index is 12.0. The number of ketones is 1. The first-order chi connectivity index (χ1) is 10.7. The largest absolute Gasteiger partial charge is 0.480 e. The summed E-state index contributed by atoms with van der Waals surface area (Å²) in [6.45, 7) is 0.345. The van der Waals surface area contributed by atoms with Gasteiger partial charge in [-0.2, -0.15) is 0 Å². The first-order valence-corrected chi connectivity index (χ1v) is 7.25. The van der Waals surface area contributed by atoms with Gasteiger partial charge < -0.3 is 10.4 Å². The van der Waals surface area contributed by atoms with Crippen LogP contribution in [0.5, 0.6) is 0 Å². The van der Waals surface area contributed by atoms with Gasteiger partial charge in [0.05, 0.1) is 0 Å². The summed E-state index contributed by atoms with van der Waals surface area (Å²) in [5.41, 5.74) is 1.61. The first-order valence-electron chi connectivity index (χ1n) is 7.25. The molecule has 5 heteroatoms. The van der Waals surface area contributed by atoms with E-state index in [1.165, 1.54) is 0 Å². The normalized spacial score (nSPS) is 11.3. The summed E-state index contributed by atoms with van der Waals surface area (Å²) in [5.74, 6) is -0.895. The van der Waals surface area contributed by atoms with E-state index in [2.05, 4.69) is 5.32 Å². The van der Waals surface area contributed by atoms with Gasteiger partial charge >= 0.3 is 5.97 Å². The van der Waals surface area contributed by atoms with Crippen molar-refractivity contribution in [2.45, 2.75) is 18.9 Å². The second kappa shape index (κ2) is 9.77. The second-order valence-electron chi connectivity index (χ2n) is 5.07. The van der Waals surface area contributed by atoms with E-state index in [4.69, 9.17) is 0 Å². The van der Waals surface area contributed by atoms with Crippen molar-refractivity contribution in [3.05, 3.63) is 71.8 Å². The molecule has 0 aliphatic carbocycles. The van der Waals surface area contributed by atoms with Crippen LogP contribution >= 0.6 is 12.4 Å². The molecule has 0 bridgehead atoms. The van der Waals surface area contributed by atoms with E-state index in [1.54, 1.807) is 12.1 Å². The zero-order valence-corrected chi connectivity index (χ0v) is 13.5. The predicted octanol–water partition coefficient (Wildman–Crippen LogP) is 2.97. The Kier molecular flexibility index (Phi) is 8.02. The summed E-state index contributed by atoms with van der Waals surface area (Å²) in [4.78, 5) is 23.3. The minimum atomic E-state index is -0.906. The zero-order valence-electron chi connectivity index (χ0n) is 12.6. The van der Waals surface area contributed by atoms with E-state index >= 15 is 0 Å². The number of hydrogen-bond acceptors (Lipinski definition) is 3. The van der Waals surface area contributed by atoms with Crippen molar-refractivity contribution in [2.75, 3.05) is 6.54 Å². The number of rotatable bonds is 8. The van der Waals surface area contributed by atoms with Gasteiger partial charge in [0, 0.05) is 18.5 Å². The molecule has 2 aromatic carbocycles. The lowest BCUT2D eigenvalue weighted by Gasteiger charge is -2.14. The van der Waals surface area contributed by atoms with Gasteiger partial charge in [0.25, 0.3) is 0 Å². The van der Waals surface area contributed by atoms with Crippen LogP contribution in [0.25, 0.3) is 0 Å². The molecule has 2 N–H and O–H groups in total. The molecule has 0 aromatic heterocycles. The highest BCUT2D eigenvalue weighted by Gasteiger charge is 2.17. The number of halogens is 1. The van der Waals surface area contributed by atoms with Crippen LogP contribution in [-0.2, 0) is 11.2 Å². The van der Waals surface area contributed by atoms with Crippen LogP contribution in [0.3, 0.4) is 0 Å². The minimum Gasteiger partial charge on any atom is -0.480 e. The molecule has 1 atom stereocenters. The smallest absolute Gasteiger partial charge is 0.321 e. The molecule has 0 fully saturated rings. The van der Waals surface area contributed by atoms with Crippen molar-refractivity contribution < 1.29 is 14.7 Å². The molecule has 0 amide bonds. The molecular formula is C18H20ClNO3. The molecule has 122 valence electrons. The third-order valence-electron chi connectivity index (χ3n) is 3.42. The second-order valence-corrected chi connectivity index (χ2v) is 5.07. The SMILES string of the molecule is Cl.O=C(CCNC(Cc1ccccc1)C(=O)O)c1ccccc1. The summed E-state index contributed by atoms with van der Waals surface area (Å²) >= 11 is 0. The molecule has 0 spiro atoms. The highest BCUT2D eigenvalue weighted by atomic mass is 35.5. The third kappa shape index (κ3) is 6.22. The summed E-state index contributed by atoms with van der Waals surface area (Å²) in [6.07, 6.45) is 0.679. The van der Waals surface area contributed by atoms with Crippen LogP contribution in [0.2, 0.25) is 0 Å². The average molecular weight is 334 g/mol. The Morgan fingerprint density at radius 2 is 1.52 bits per heavy atom. The molecule has 0 radical (unpaired) electrons. The van der Waals surface area contributed by atoms with Crippen LogP contribution in [0.4, 0.5) is 0 Å². The number of carbonyl (C=O) groups excluding carboxylic acids is 1. The van der Waals surface area contributed by atoms with Crippen molar-refractivity contribution in [1.29, 1.82) is 0 Å². The maximum Gasteiger partial charge on any atom is 0.321 e. The Morgan fingerprint density at radius 1 is 0.957 bits per heavy atom. The van der Waals surface area contributed by atoms with E-state index < -0.39 is 12.0 Å². The lowest BCUT2D eigenvalue weighted by molar-refractivity contribution is -0.139. The Bertz CT molecular complexity index is 617. The van der Waals surface area contributed by atoms with E-state index in [-0.39, 0.29) is 24.6 Å². The Balaban J connectivity index is 0.00000264. The Hall–Kier alpha value is -2.17. The van der Waals surface area contributed by atoms with Gasteiger partial charge in [0.15, 0.2) is 5.78 Å². The molecule has 0 saturated heterocycles. The number of Topliss-reactive ketones (excluding diaryl/α,β-unsaturated/α-hetero) is 1. The molecule has 4 nitrogen and oxygen atoms in total. The van der Waals surface area contributed by atoms with Crippen molar-refractivity contribution in [2.24, 2.45) is 0 Å². The van der Waals surface area contributed by atoms with Crippen molar-refractivity contribution >= 4 is 24.2 Å². The molecule has 0 aliphatic rings. The number of carboxylic acid groups (broad SMARTS) is 1. The lowest BCUT2D eigenvalue weighted by atomic mass is 10.1. The third-order valence-corrected chi connectivity index (χ3v) is 3.42. The maximum absolute atomic E-state index is 12.0. The van der Waals surface area contributed by atoms with Crippen LogP contribution < -0.4 is 5.32 Å². The highest BCUT2D eigenvalue weighted by molar-refractivity contribution is 5.96. The predicted molar refractivity (Wildman–Crippen MR) is 92.2 cm³/mol. The van der Waals surface area contributed by atoms with Gasteiger partial charge in [0.1, 0.15) is 6.04 Å². The van der Waals surface area contributed by atoms with Crippen LogP contribution in [0.1, 0.15) is 22.3 Å². The standard InChI is InChI=1S/C18H19NO3.ClH/c20-17(15-9-5-2-6-10-15)11-12-19-16(18(21)22)13-14-7-3-1-4-8-14;/h1-10,16,19H,11-13H2,(H,21,22);1H. The monoisotopic (exact) mass is 333 g/mol. The van der Waals surface area contributed by atoms with Crippen molar-refractivity contribution in [3.63, 3.8) is 0 Å². The van der Waals surface area contributed by atoms with E-state index in [1.807, 2.05) is 48.5 Å². The quantitative estimate of drug-likeness (QED) is 0.729. The summed E-state index contributed by atoms with van der Waals surface area (Å²) in [5, 5.41) is 12.2.